The zero-order valence-electron chi connectivity index (χ0n) is 16.3. The maximum atomic E-state index is 12.2. The first-order valence-corrected chi connectivity index (χ1v) is 8.89. The van der Waals surface area contributed by atoms with Crippen molar-refractivity contribution in [2.45, 2.75) is 20.8 Å². The van der Waals surface area contributed by atoms with Gasteiger partial charge < -0.3 is 14.8 Å². The summed E-state index contributed by atoms with van der Waals surface area (Å²) in [4.78, 5) is 28.2. The second kappa shape index (κ2) is 8.08. The van der Waals surface area contributed by atoms with Crippen molar-refractivity contribution in [3.8, 4) is 5.88 Å². The summed E-state index contributed by atoms with van der Waals surface area (Å²) in [5, 5.41) is 8.06. The number of pyridine rings is 1. The highest BCUT2D eigenvalue weighted by Gasteiger charge is 2.13. The van der Waals surface area contributed by atoms with Crippen LogP contribution in [0.2, 0.25) is 0 Å². The van der Waals surface area contributed by atoms with Crippen molar-refractivity contribution in [1.29, 1.82) is 0 Å². The molecule has 1 N–H and O–H groups in total. The zero-order valence-corrected chi connectivity index (χ0v) is 16.3. The van der Waals surface area contributed by atoms with Crippen LogP contribution >= 0.6 is 0 Å². The van der Waals surface area contributed by atoms with E-state index < -0.39 is 5.97 Å². The third-order valence-electron chi connectivity index (χ3n) is 4.17. The second-order valence-electron chi connectivity index (χ2n) is 6.32. The van der Waals surface area contributed by atoms with Gasteiger partial charge in [-0.1, -0.05) is 0 Å². The van der Waals surface area contributed by atoms with Crippen LogP contribution in [-0.2, 0) is 16.6 Å². The van der Waals surface area contributed by atoms with Crippen molar-refractivity contribution in [2.75, 3.05) is 18.5 Å². The van der Waals surface area contributed by atoms with Gasteiger partial charge in [0, 0.05) is 24.2 Å². The van der Waals surface area contributed by atoms with Crippen molar-refractivity contribution in [3.05, 3.63) is 47.2 Å². The molecule has 3 rings (SSSR count). The number of hydrogen-bond donors (Lipinski definition) is 1. The molecule has 0 fully saturated rings. The topological polar surface area (TPSA) is 95.3 Å². The average Bonchev–Trinajstić information content (AvgIpc) is 2.95. The Morgan fingerprint density at radius 1 is 1.18 bits per heavy atom. The molecule has 0 saturated carbocycles. The summed E-state index contributed by atoms with van der Waals surface area (Å²) in [6, 6.07) is 8.25. The molecular weight excluding hydrogens is 360 g/mol. The smallest absolute Gasteiger partial charge is 0.338 e. The summed E-state index contributed by atoms with van der Waals surface area (Å²) in [7, 11) is 1.82. The molecule has 0 aliphatic heterocycles. The number of carbonyl (C=O) groups excluding carboxylic acids is 2. The monoisotopic (exact) mass is 382 g/mol. The zero-order chi connectivity index (χ0) is 20.3. The van der Waals surface area contributed by atoms with Gasteiger partial charge in [0.15, 0.2) is 12.3 Å². The molecule has 0 unspecified atom stereocenters. The standard InChI is InChI=1S/C20H22N4O4/c1-5-27-20(26)14-6-8-15(9-7-14)21-16(25)11-28-17-10-12(2)18-13(3)23-24(4)19(18)22-17/h6-10H,5,11H2,1-4H3,(H,21,25). The maximum Gasteiger partial charge on any atom is 0.338 e. The molecule has 1 amide bonds. The third-order valence-corrected chi connectivity index (χ3v) is 4.17. The number of anilines is 1. The van der Waals surface area contributed by atoms with Crippen molar-refractivity contribution >= 4 is 28.6 Å². The molecule has 0 aliphatic rings. The van der Waals surface area contributed by atoms with Crippen LogP contribution in [0, 0.1) is 13.8 Å². The van der Waals surface area contributed by atoms with Crippen molar-refractivity contribution in [1.82, 2.24) is 14.8 Å². The number of aryl methyl sites for hydroxylation is 3. The van der Waals surface area contributed by atoms with Crippen molar-refractivity contribution < 1.29 is 19.1 Å². The summed E-state index contributed by atoms with van der Waals surface area (Å²) in [5.41, 5.74) is 3.58. The van der Waals surface area contributed by atoms with E-state index in [1.54, 1.807) is 41.9 Å². The summed E-state index contributed by atoms with van der Waals surface area (Å²) in [6.45, 7) is 5.76. The molecule has 0 aliphatic carbocycles. The average molecular weight is 382 g/mol. The molecular formula is C20H22N4O4. The summed E-state index contributed by atoms with van der Waals surface area (Å²) in [5.74, 6) is -0.364. The van der Waals surface area contributed by atoms with E-state index in [-0.39, 0.29) is 12.5 Å². The molecule has 0 atom stereocenters. The van der Waals surface area contributed by atoms with Crippen LogP contribution in [-0.4, -0.2) is 39.9 Å². The fourth-order valence-electron chi connectivity index (χ4n) is 2.94. The summed E-state index contributed by atoms with van der Waals surface area (Å²) >= 11 is 0. The Morgan fingerprint density at radius 3 is 2.57 bits per heavy atom. The van der Waals surface area contributed by atoms with Crippen LogP contribution in [0.15, 0.2) is 30.3 Å². The summed E-state index contributed by atoms with van der Waals surface area (Å²) in [6.07, 6.45) is 0. The van der Waals surface area contributed by atoms with Gasteiger partial charge in [-0.15, -0.1) is 0 Å². The van der Waals surface area contributed by atoms with Crippen LogP contribution < -0.4 is 10.1 Å². The molecule has 146 valence electrons. The summed E-state index contributed by atoms with van der Waals surface area (Å²) < 4.78 is 12.2. The fourth-order valence-corrected chi connectivity index (χ4v) is 2.94. The maximum absolute atomic E-state index is 12.2. The molecule has 8 heteroatoms. The number of esters is 1. The first-order valence-electron chi connectivity index (χ1n) is 8.89. The van der Waals surface area contributed by atoms with Crippen LogP contribution in [0.1, 0.15) is 28.5 Å². The lowest BCUT2D eigenvalue weighted by atomic mass is 10.2. The Morgan fingerprint density at radius 2 is 1.89 bits per heavy atom. The Kier molecular flexibility index (Phi) is 5.58. The third kappa shape index (κ3) is 4.11. The molecule has 2 aromatic heterocycles. The minimum Gasteiger partial charge on any atom is -0.467 e. The number of rotatable bonds is 6. The first kappa shape index (κ1) is 19.3. The Hall–Kier alpha value is -3.42. The van der Waals surface area contributed by atoms with E-state index in [1.807, 2.05) is 20.9 Å². The van der Waals surface area contributed by atoms with E-state index in [9.17, 15) is 9.59 Å². The number of benzene rings is 1. The van der Waals surface area contributed by atoms with E-state index in [2.05, 4.69) is 15.4 Å². The molecule has 8 nitrogen and oxygen atoms in total. The normalized spacial score (nSPS) is 10.7. The largest absolute Gasteiger partial charge is 0.467 e. The van der Waals surface area contributed by atoms with Crippen molar-refractivity contribution in [3.63, 3.8) is 0 Å². The second-order valence-corrected chi connectivity index (χ2v) is 6.32. The van der Waals surface area contributed by atoms with Gasteiger partial charge in [0.25, 0.3) is 5.91 Å². The lowest BCUT2D eigenvalue weighted by Gasteiger charge is -2.09. The minimum absolute atomic E-state index is 0.186. The van der Waals surface area contributed by atoms with E-state index in [0.29, 0.717) is 29.4 Å². The highest BCUT2D eigenvalue weighted by molar-refractivity contribution is 5.93. The Bertz CT molecular complexity index is 1020. The SMILES string of the molecule is CCOC(=O)c1ccc(NC(=O)COc2cc(C)c3c(C)nn(C)c3n2)cc1. The molecule has 0 saturated heterocycles. The molecule has 28 heavy (non-hydrogen) atoms. The van der Waals surface area contributed by atoms with Gasteiger partial charge in [-0.05, 0) is 50.6 Å². The quantitative estimate of drug-likeness (QED) is 0.659. The molecule has 0 spiro atoms. The van der Waals surface area contributed by atoms with Crippen LogP contribution in [0.25, 0.3) is 11.0 Å². The van der Waals surface area contributed by atoms with Crippen molar-refractivity contribution in [2.24, 2.45) is 7.05 Å². The van der Waals surface area contributed by atoms with E-state index >= 15 is 0 Å². The number of hydrogen-bond acceptors (Lipinski definition) is 6. The lowest BCUT2D eigenvalue weighted by Crippen LogP contribution is -2.20. The Labute approximate surface area is 162 Å². The van der Waals surface area contributed by atoms with Crippen LogP contribution in [0.5, 0.6) is 5.88 Å². The van der Waals surface area contributed by atoms with Gasteiger partial charge in [0.05, 0.1) is 17.9 Å². The van der Waals surface area contributed by atoms with Crippen LogP contribution in [0.3, 0.4) is 0 Å². The van der Waals surface area contributed by atoms with Gasteiger partial charge in [0.1, 0.15) is 0 Å². The van der Waals surface area contributed by atoms with E-state index in [0.717, 1.165) is 16.6 Å². The number of nitrogens with one attached hydrogen (secondary N) is 1. The Balaban J connectivity index is 1.62. The van der Waals surface area contributed by atoms with Gasteiger partial charge in [-0.2, -0.15) is 10.1 Å². The number of nitrogens with zero attached hydrogens (tertiary/aromatic N) is 3. The molecule has 0 radical (unpaired) electrons. The highest BCUT2D eigenvalue weighted by atomic mass is 16.5. The number of amides is 1. The minimum atomic E-state index is -0.397. The predicted molar refractivity (Wildman–Crippen MR) is 105 cm³/mol. The number of fused-ring (bicyclic) bond motifs is 1. The van der Waals surface area contributed by atoms with E-state index in [4.69, 9.17) is 9.47 Å². The number of ether oxygens (including phenoxy) is 2. The first-order chi connectivity index (χ1) is 13.4. The molecule has 2 heterocycles. The molecule has 3 aromatic rings. The fraction of sp³-hybridized carbons (Fsp3) is 0.300. The van der Waals surface area contributed by atoms with Gasteiger partial charge in [-0.25, -0.2) is 4.79 Å². The predicted octanol–water partition coefficient (Wildman–Crippen LogP) is 2.78. The molecule has 1 aromatic carbocycles. The van der Waals surface area contributed by atoms with Gasteiger partial charge >= 0.3 is 5.97 Å². The van der Waals surface area contributed by atoms with Gasteiger partial charge in [-0.3, -0.25) is 9.48 Å². The molecule has 0 bridgehead atoms. The lowest BCUT2D eigenvalue weighted by molar-refractivity contribution is -0.118. The van der Waals surface area contributed by atoms with E-state index in [1.165, 1.54) is 0 Å². The van der Waals surface area contributed by atoms with Gasteiger partial charge in [0.2, 0.25) is 5.88 Å². The highest BCUT2D eigenvalue weighted by Crippen LogP contribution is 2.23. The number of carbonyl (C=O) groups is 2. The van der Waals surface area contributed by atoms with Crippen LogP contribution in [0.4, 0.5) is 5.69 Å². The number of aromatic nitrogens is 3.